The molecule has 6 nitrogen and oxygen atoms in total. The van der Waals surface area contributed by atoms with E-state index in [9.17, 15) is 14.4 Å². The van der Waals surface area contributed by atoms with E-state index < -0.39 is 35.3 Å². The molecule has 1 aliphatic heterocycles. The van der Waals surface area contributed by atoms with Crippen LogP contribution in [-0.4, -0.2) is 43.6 Å². The van der Waals surface area contributed by atoms with E-state index in [2.05, 4.69) is 0 Å². The SMILES string of the molecule is CCOC(=O)C(C(=O)OCC)[C@@]12CCCO[C@@H]1C(c1ccccc1)C2=O. The molecule has 26 heavy (non-hydrogen) atoms. The molecule has 1 aliphatic carbocycles. The van der Waals surface area contributed by atoms with Gasteiger partial charge in [-0.1, -0.05) is 30.3 Å². The Morgan fingerprint density at radius 1 is 1.15 bits per heavy atom. The molecule has 0 bridgehead atoms. The second-order valence-electron chi connectivity index (χ2n) is 6.63. The highest BCUT2D eigenvalue weighted by Gasteiger charge is 2.71. The van der Waals surface area contributed by atoms with Crippen molar-refractivity contribution in [1.82, 2.24) is 0 Å². The Morgan fingerprint density at radius 2 is 1.77 bits per heavy atom. The predicted molar refractivity (Wildman–Crippen MR) is 92.4 cm³/mol. The van der Waals surface area contributed by atoms with Crippen molar-refractivity contribution in [3.8, 4) is 0 Å². The topological polar surface area (TPSA) is 78.9 Å². The summed E-state index contributed by atoms with van der Waals surface area (Å²) in [6.07, 6.45) is 0.506. The molecule has 1 aromatic rings. The van der Waals surface area contributed by atoms with Crippen LogP contribution in [0.25, 0.3) is 0 Å². The van der Waals surface area contributed by atoms with Crippen LogP contribution < -0.4 is 0 Å². The molecule has 6 heteroatoms. The van der Waals surface area contributed by atoms with E-state index in [1.54, 1.807) is 13.8 Å². The van der Waals surface area contributed by atoms with Crippen molar-refractivity contribution >= 4 is 17.7 Å². The van der Waals surface area contributed by atoms with Gasteiger partial charge in [0.15, 0.2) is 11.7 Å². The van der Waals surface area contributed by atoms with E-state index in [-0.39, 0.29) is 19.0 Å². The molecular formula is C20H24O6. The van der Waals surface area contributed by atoms with Crippen molar-refractivity contribution in [2.45, 2.75) is 38.7 Å². The minimum atomic E-state index is -1.28. The van der Waals surface area contributed by atoms with Crippen molar-refractivity contribution in [3.63, 3.8) is 0 Å². The zero-order valence-electron chi connectivity index (χ0n) is 15.1. The fourth-order valence-electron chi connectivity index (χ4n) is 4.26. The lowest BCUT2D eigenvalue weighted by Gasteiger charge is -2.57. The van der Waals surface area contributed by atoms with Crippen molar-refractivity contribution in [1.29, 1.82) is 0 Å². The van der Waals surface area contributed by atoms with Gasteiger partial charge in [-0.2, -0.15) is 0 Å². The number of hydrogen-bond acceptors (Lipinski definition) is 6. The third-order valence-electron chi connectivity index (χ3n) is 5.30. The Bertz CT molecular complexity index is 667. The van der Waals surface area contributed by atoms with Crippen LogP contribution >= 0.6 is 0 Å². The van der Waals surface area contributed by atoms with E-state index in [0.717, 1.165) is 5.56 Å². The van der Waals surface area contributed by atoms with Gasteiger partial charge in [0.25, 0.3) is 0 Å². The molecule has 0 spiro atoms. The van der Waals surface area contributed by atoms with Gasteiger partial charge in [-0.3, -0.25) is 14.4 Å². The Balaban J connectivity index is 1.99. The highest BCUT2D eigenvalue weighted by molar-refractivity contribution is 6.09. The van der Waals surface area contributed by atoms with Crippen molar-refractivity contribution < 1.29 is 28.6 Å². The van der Waals surface area contributed by atoms with Gasteiger partial charge in [0.2, 0.25) is 0 Å². The van der Waals surface area contributed by atoms with Gasteiger partial charge in [-0.15, -0.1) is 0 Å². The summed E-state index contributed by atoms with van der Waals surface area (Å²) in [4.78, 5) is 38.5. The first-order valence-electron chi connectivity index (χ1n) is 9.12. The second kappa shape index (κ2) is 7.58. The van der Waals surface area contributed by atoms with E-state index in [0.29, 0.717) is 19.4 Å². The van der Waals surface area contributed by atoms with Crippen LogP contribution in [-0.2, 0) is 28.6 Å². The van der Waals surface area contributed by atoms with Crippen LogP contribution in [0.2, 0.25) is 0 Å². The molecular weight excluding hydrogens is 336 g/mol. The molecule has 3 atom stereocenters. The van der Waals surface area contributed by atoms with E-state index in [4.69, 9.17) is 14.2 Å². The average molecular weight is 360 g/mol. The van der Waals surface area contributed by atoms with Gasteiger partial charge in [-0.25, -0.2) is 0 Å². The van der Waals surface area contributed by atoms with Crippen molar-refractivity contribution in [3.05, 3.63) is 35.9 Å². The summed E-state index contributed by atoms with van der Waals surface area (Å²) in [5.74, 6) is -3.30. The van der Waals surface area contributed by atoms with Crippen molar-refractivity contribution in [2.75, 3.05) is 19.8 Å². The zero-order valence-corrected chi connectivity index (χ0v) is 15.1. The van der Waals surface area contributed by atoms with Gasteiger partial charge < -0.3 is 14.2 Å². The molecule has 1 saturated heterocycles. The Hall–Kier alpha value is -2.21. The van der Waals surface area contributed by atoms with Gasteiger partial charge in [0.05, 0.1) is 30.7 Å². The molecule has 1 heterocycles. The first-order chi connectivity index (χ1) is 12.6. The normalized spacial score (nSPS) is 27.4. The van der Waals surface area contributed by atoms with Gasteiger partial charge in [0, 0.05) is 6.61 Å². The minimum absolute atomic E-state index is 0.132. The summed E-state index contributed by atoms with van der Waals surface area (Å²) >= 11 is 0. The Morgan fingerprint density at radius 3 is 2.35 bits per heavy atom. The Labute approximate surface area is 152 Å². The maximum atomic E-state index is 13.3. The number of benzene rings is 1. The molecule has 0 N–H and O–H groups in total. The standard InChI is InChI=1S/C20H24O6/c1-3-24-18(22)15(19(23)25-4-2)20-11-8-12-26-17(20)14(16(20)21)13-9-6-5-7-10-13/h5-7,9-10,14-15,17H,3-4,8,11-12H2,1-2H3/t14?,17-,20-/m1/s1. The summed E-state index contributed by atoms with van der Waals surface area (Å²) in [5.41, 5.74) is -0.358. The largest absolute Gasteiger partial charge is 0.465 e. The van der Waals surface area contributed by atoms with E-state index in [1.807, 2.05) is 30.3 Å². The van der Waals surface area contributed by atoms with Crippen LogP contribution in [0, 0.1) is 11.3 Å². The van der Waals surface area contributed by atoms with Crippen molar-refractivity contribution in [2.24, 2.45) is 11.3 Å². The molecule has 1 aromatic carbocycles. The third kappa shape index (κ3) is 2.82. The number of carbonyl (C=O) groups is 3. The predicted octanol–water partition coefficient (Wildman–Crippen LogP) is 2.26. The molecule has 2 aliphatic rings. The highest BCUT2D eigenvalue weighted by atomic mass is 16.6. The smallest absolute Gasteiger partial charge is 0.321 e. The number of hydrogen-bond donors (Lipinski definition) is 0. The number of rotatable bonds is 6. The van der Waals surface area contributed by atoms with Gasteiger partial charge in [0.1, 0.15) is 0 Å². The first-order valence-corrected chi connectivity index (χ1v) is 9.12. The zero-order chi connectivity index (χ0) is 18.7. The third-order valence-corrected chi connectivity index (χ3v) is 5.30. The number of esters is 2. The van der Waals surface area contributed by atoms with Gasteiger partial charge >= 0.3 is 11.9 Å². The first kappa shape index (κ1) is 18.6. The quantitative estimate of drug-likeness (QED) is 0.572. The minimum Gasteiger partial charge on any atom is -0.465 e. The second-order valence-corrected chi connectivity index (χ2v) is 6.63. The summed E-state index contributed by atoms with van der Waals surface area (Å²) < 4.78 is 16.1. The lowest BCUT2D eigenvalue weighted by atomic mass is 9.48. The van der Waals surface area contributed by atoms with E-state index in [1.165, 1.54) is 0 Å². The molecule has 2 fully saturated rings. The number of carbonyl (C=O) groups excluding carboxylic acids is 3. The van der Waals surface area contributed by atoms with Crippen LogP contribution in [0.5, 0.6) is 0 Å². The molecule has 0 amide bonds. The summed E-state index contributed by atoms with van der Waals surface area (Å²) in [6.45, 7) is 4.10. The number of ether oxygens (including phenoxy) is 3. The summed E-state index contributed by atoms with van der Waals surface area (Å²) in [7, 11) is 0. The van der Waals surface area contributed by atoms with Gasteiger partial charge in [-0.05, 0) is 32.3 Å². The molecule has 1 unspecified atom stereocenters. The monoisotopic (exact) mass is 360 g/mol. The number of ketones is 1. The maximum absolute atomic E-state index is 13.3. The fraction of sp³-hybridized carbons (Fsp3) is 0.550. The van der Waals surface area contributed by atoms with Crippen LogP contribution in [0.1, 0.15) is 38.2 Å². The van der Waals surface area contributed by atoms with Crippen LogP contribution in [0.3, 0.4) is 0 Å². The summed E-state index contributed by atoms with van der Waals surface area (Å²) in [6, 6.07) is 9.34. The average Bonchev–Trinajstić information content (AvgIpc) is 2.64. The number of fused-ring (bicyclic) bond motifs is 1. The molecule has 3 rings (SSSR count). The van der Waals surface area contributed by atoms with Crippen LogP contribution in [0.4, 0.5) is 0 Å². The molecule has 1 saturated carbocycles. The lowest BCUT2D eigenvalue weighted by Crippen LogP contribution is -2.69. The van der Waals surface area contributed by atoms with E-state index >= 15 is 0 Å². The fourth-order valence-corrected chi connectivity index (χ4v) is 4.26. The van der Waals surface area contributed by atoms with Crippen LogP contribution in [0.15, 0.2) is 30.3 Å². The Kier molecular flexibility index (Phi) is 5.41. The molecule has 140 valence electrons. The maximum Gasteiger partial charge on any atom is 0.321 e. The lowest BCUT2D eigenvalue weighted by molar-refractivity contribution is -0.209. The summed E-state index contributed by atoms with van der Waals surface area (Å²) in [5, 5.41) is 0. The highest BCUT2D eigenvalue weighted by Crippen LogP contribution is 2.58. The number of Topliss-reactive ketones (excluding diaryl/α,β-unsaturated/α-hetero) is 1. The molecule has 0 radical (unpaired) electrons. The molecule has 0 aromatic heterocycles.